The number of carbonyl (C=O) groups excluding carboxylic acids is 1. The third-order valence-corrected chi connectivity index (χ3v) is 6.97. The number of halogens is 1. The number of hydrogen-bond acceptors (Lipinski definition) is 4. The Bertz CT molecular complexity index is 1310. The molecule has 2 aliphatic rings. The Morgan fingerprint density at radius 3 is 2.44 bits per heavy atom. The van der Waals surface area contributed by atoms with E-state index in [4.69, 9.17) is 0 Å². The smallest absolute Gasteiger partial charge is 0.200 e. The first kappa shape index (κ1) is 22.5. The van der Waals surface area contributed by atoms with Crippen LogP contribution in [0.1, 0.15) is 47.3 Å². The van der Waals surface area contributed by atoms with Gasteiger partial charge in [0.1, 0.15) is 5.82 Å². The Morgan fingerprint density at radius 1 is 1.09 bits per heavy atom. The van der Waals surface area contributed by atoms with E-state index in [1.807, 2.05) is 41.8 Å². The third-order valence-electron chi connectivity index (χ3n) is 6.97. The van der Waals surface area contributed by atoms with Crippen LogP contribution in [-0.2, 0) is 0 Å². The summed E-state index contributed by atoms with van der Waals surface area (Å²) in [7, 11) is 0. The van der Waals surface area contributed by atoms with E-state index < -0.39 is 11.2 Å². The van der Waals surface area contributed by atoms with Crippen molar-refractivity contribution in [2.24, 2.45) is 0 Å². The zero-order valence-electron chi connectivity index (χ0n) is 19.8. The summed E-state index contributed by atoms with van der Waals surface area (Å²) in [5.74, 6) is -0.765. The molecular weight excluding hydrogens is 429 g/mol. The number of ketones is 1. The summed E-state index contributed by atoms with van der Waals surface area (Å²) < 4.78 is 17.3. The highest BCUT2D eigenvalue weighted by atomic mass is 19.1. The standard InChI is InChI=1S/C28H30FN3O2/c1-3-30-12-14-31(15-13-30)26-17-25-22(16-24(26)29)28(34)23(18-32(25)21-9-10-21)27(33)11-8-20-6-4-19(2)5-7-20/h4-8,11,16-18,21H,3,9-10,12-15H2,1-2H3. The average Bonchev–Trinajstić information content (AvgIpc) is 3.69. The van der Waals surface area contributed by atoms with Crippen molar-refractivity contribution in [3.63, 3.8) is 0 Å². The molecule has 0 bridgehead atoms. The maximum Gasteiger partial charge on any atom is 0.200 e. The lowest BCUT2D eigenvalue weighted by molar-refractivity contribution is 0.104. The van der Waals surface area contributed by atoms with Crippen LogP contribution >= 0.6 is 0 Å². The summed E-state index contributed by atoms with van der Waals surface area (Å²) >= 11 is 0. The second kappa shape index (κ2) is 9.18. The van der Waals surface area contributed by atoms with Crippen LogP contribution in [0.2, 0.25) is 0 Å². The summed E-state index contributed by atoms with van der Waals surface area (Å²) in [6.45, 7) is 8.42. The molecule has 6 heteroatoms. The number of pyridine rings is 1. The van der Waals surface area contributed by atoms with Crippen molar-refractivity contribution in [1.82, 2.24) is 9.47 Å². The predicted molar refractivity (Wildman–Crippen MR) is 135 cm³/mol. The van der Waals surface area contributed by atoms with Gasteiger partial charge in [-0.1, -0.05) is 42.8 Å². The van der Waals surface area contributed by atoms with E-state index >= 15 is 4.39 Å². The third kappa shape index (κ3) is 4.42. The van der Waals surface area contributed by atoms with E-state index in [-0.39, 0.29) is 22.8 Å². The van der Waals surface area contributed by atoms with E-state index in [1.54, 1.807) is 12.3 Å². The van der Waals surface area contributed by atoms with E-state index in [1.165, 1.54) is 12.1 Å². The molecule has 0 atom stereocenters. The maximum absolute atomic E-state index is 15.2. The second-order valence-electron chi connectivity index (χ2n) is 9.36. The molecule has 176 valence electrons. The Hall–Kier alpha value is -3.25. The van der Waals surface area contributed by atoms with Gasteiger partial charge in [0.05, 0.1) is 16.8 Å². The summed E-state index contributed by atoms with van der Waals surface area (Å²) in [4.78, 5) is 30.7. The number of nitrogens with zero attached hydrogens (tertiary/aromatic N) is 3. The van der Waals surface area contributed by atoms with E-state index in [0.29, 0.717) is 11.2 Å². The molecule has 0 radical (unpaired) electrons. The van der Waals surface area contributed by atoms with Gasteiger partial charge in [-0.05, 0) is 50.1 Å². The summed E-state index contributed by atoms with van der Waals surface area (Å²) in [5.41, 5.74) is 2.95. The first-order valence-corrected chi connectivity index (χ1v) is 12.1. The normalized spacial score (nSPS) is 17.1. The monoisotopic (exact) mass is 459 g/mol. The van der Waals surface area contributed by atoms with Crippen molar-refractivity contribution >= 4 is 28.4 Å². The van der Waals surface area contributed by atoms with Crippen LogP contribution in [0, 0.1) is 12.7 Å². The first-order valence-electron chi connectivity index (χ1n) is 12.1. The number of likely N-dealkylation sites (N-methyl/N-ethyl adjacent to an activating group) is 1. The SMILES string of the molecule is CCN1CCN(c2cc3c(cc2F)c(=O)c(C(=O)C=Cc2ccc(C)cc2)cn3C2CC2)CC1. The lowest BCUT2D eigenvalue weighted by atomic mass is 10.0. The molecule has 0 spiro atoms. The predicted octanol–water partition coefficient (Wildman–Crippen LogP) is 4.82. The molecule has 0 unspecified atom stereocenters. The molecule has 1 aromatic heterocycles. The van der Waals surface area contributed by atoms with Crippen LogP contribution in [0.5, 0.6) is 0 Å². The van der Waals surface area contributed by atoms with Gasteiger partial charge in [0.2, 0.25) is 5.43 Å². The number of rotatable bonds is 6. The zero-order chi connectivity index (χ0) is 23.8. The summed E-state index contributed by atoms with van der Waals surface area (Å²) in [6, 6.07) is 11.2. The highest BCUT2D eigenvalue weighted by Crippen LogP contribution is 2.38. The van der Waals surface area contributed by atoms with Crippen LogP contribution in [0.4, 0.5) is 10.1 Å². The minimum atomic E-state index is -0.410. The molecule has 2 fully saturated rings. The molecule has 1 saturated carbocycles. The molecule has 2 heterocycles. The molecule has 1 aliphatic carbocycles. The summed E-state index contributed by atoms with van der Waals surface area (Å²) in [6.07, 6.45) is 6.81. The van der Waals surface area contributed by atoms with Crippen molar-refractivity contribution < 1.29 is 9.18 Å². The second-order valence-corrected chi connectivity index (χ2v) is 9.36. The van der Waals surface area contributed by atoms with Gasteiger partial charge in [0.25, 0.3) is 0 Å². The minimum Gasteiger partial charge on any atom is -0.367 e. The van der Waals surface area contributed by atoms with Crippen LogP contribution in [0.3, 0.4) is 0 Å². The molecule has 5 rings (SSSR count). The molecule has 1 aliphatic heterocycles. The fourth-order valence-electron chi connectivity index (χ4n) is 4.68. The number of hydrogen-bond donors (Lipinski definition) is 0. The minimum absolute atomic E-state index is 0.0893. The topological polar surface area (TPSA) is 45.6 Å². The lowest BCUT2D eigenvalue weighted by Crippen LogP contribution is -2.46. The molecule has 34 heavy (non-hydrogen) atoms. The van der Waals surface area contributed by atoms with E-state index in [9.17, 15) is 9.59 Å². The van der Waals surface area contributed by atoms with Gasteiger partial charge in [0, 0.05) is 43.8 Å². The lowest BCUT2D eigenvalue weighted by Gasteiger charge is -2.35. The molecule has 2 aromatic carbocycles. The van der Waals surface area contributed by atoms with Crippen molar-refractivity contribution in [1.29, 1.82) is 0 Å². The average molecular weight is 460 g/mol. The van der Waals surface area contributed by atoms with Crippen molar-refractivity contribution in [3.8, 4) is 0 Å². The fraction of sp³-hybridized carbons (Fsp3) is 0.357. The fourth-order valence-corrected chi connectivity index (χ4v) is 4.68. The number of aryl methyl sites for hydroxylation is 1. The molecule has 0 N–H and O–H groups in total. The Balaban J connectivity index is 1.52. The Morgan fingerprint density at radius 2 is 1.79 bits per heavy atom. The van der Waals surface area contributed by atoms with Crippen LogP contribution < -0.4 is 10.3 Å². The summed E-state index contributed by atoms with van der Waals surface area (Å²) in [5, 5.41) is 0.273. The number of benzene rings is 2. The van der Waals surface area contributed by atoms with Gasteiger partial charge in [0.15, 0.2) is 5.78 Å². The molecule has 5 nitrogen and oxygen atoms in total. The maximum atomic E-state index is 15.2. The number of aromatic nitrogens is 1. The van der Waals surface area contributed by atoms with E-state index in [2.05, 4.69) is 16.7 Å². The van der Waals surface area contributed by atoms with Gasteiger partial charge in [-0.3, -0.25) is 9.59 Å². The van der Waals surface area contributed by atoms with E-state index in [0.717, 1.165) is 56.7 Å². The number of piperazine rings is 1. The van der Waals surface area contributed by atoms with Gasteiger partial charge in [-0.25, -0.2) is 4.39 Å². The molecule has 3 aromatic rings. The molecule has 1 saturated heterocycles. The zero-order valence-corrected chi connectivity index (χ0v) is 19.8. The number of fused-ring (bicyclic) bond motifs is 1. The van der Waals surface area contributed by atoms with Crippen molar-refractivity contribution in [2.75, 3.05) is 37.6 Å². The van der Waals surface area contributed by atoms with Crippen LogP contribution in [0.15, 0.2) is 53.5 Å². The highest BCUT2D eigenvalue weighted by molar-refractivity contribution is 6.08. The van der Waals surface area contributed by atoms with Gasteiger partial charge < -0.3 is 14.4 Å². The number of anilines is 1. The number of allylic oxidation sites excluding steroid dienone is 1. The van der Waals surface area contributed by atoms with Crippen molar-refractivity contribution in [3.05, 3.63) is 81.4 Å². The first-order chi connectivity index (χ1) is 16.4. The van der Waals surface area contributed by atoms with Crippen LogP contribution in [-0.4, -0.2) is 48.0 Å². The van der Waals surface area contributed by atoms with Crippen LogP contribution in [0.25, 0.3) is 17.0 Å². The molecule has 0 amide bonds. The Kier molecular flexibility index (Phi) is 6.09. The van der Waals surface area contributed by atoms with Gasteiger partial charge in [-0.15, -0.1) is 0 Å². The van der Waals surface area contributed by atoms with Crippen molar-refractivity contribution in [2.45, 2.75) is 32.7 Å². The largest absolute Gasteiger partial charge is 0.367 e. The molecular formula is C28H30FN3O2. The Labute approximate surface area is 199 Å². The highest BCUT2D eigenvalue weighted by Gasteiger charge is 2.28. The quantitative estimate of drug-likeness (QED) is 0.392. The van der Waals surface area contributed by atoms with Gasteiger partial charge >= 0.3 is 0 Å². The van der Waals surface area contributed by atoms with Gasteiger partial charge in [-0.2, -0.15) is 0 Å². The number of carbonyl (C=O) groups is 1.